The second-order valence-corrected chi connectivity index (χ2v) is 8.69. The van der Waals surface area contributed by atoms with Crippen LogP contribution in [0.2, 0.25) is 0 Å². The fourth-order valence-corrected chi connectivity index (χ4v) is 4.39. The molecule has 2 heterocycles. The number of carbonyl (C=O) groups excluding carboxylic acids is 1. The number of piperazine rings is 1. The van der Waals surface area contributed by atoms with Crippen LogP contribution in [0.4, 0.5) is 5.69 Å². The van der Waals surface area contributed by atoms with Gasteiger partial charge in [0.15, 0.2) is 0 Å². The number of rotatable bonds is 6. The first kappa shape index (κ1) is 22.7. The van der Waals surface area contributed by atoms with Crippen LogP contribution < -0.4 is 0 Å². The standard InChI is InChI=1S/C25H29N5O3/c1-18-5-4-6-22(15-18)16-27-11-13-28(14-12-27)25(31)23-9-7-21(8-10-23)17-29-20(3)24(30(32)33)19(2)26-29/h4-10,15H,11-14,16-17H2,1-3H3. The minimum absolute atomic E-state index is 0.0403. The van der Waals surface area contributed by atoms with Gasteiger partial charge in [0.1, 0.15) is 11.4 Å². The molecule has 8 heteroatoms. The Bertz CT molecular complexity index is 1160. The van der Waals surface area contributed by atoms with E-state index in [1.165, 1.54) is 11.1 Å². The lowest BCUT2D eigenvalue weighted by atomic mass is 10.1. The monoisotopic (exact) mass is 447 g/mol. The molecule has 0 atom stereocenters. The van der Waals surface area contributed by atoms with E-state index in [2.05, 4.69) is 41.2 Å². The molecule has 4 rings (SSSR count). The lowest BCUT2D eigenvalue weighted by Gasteiger charge is -2.34. The first-order valence-electron chi connectivity index (χ1n) is 11.2. The highest BCUT2D eigenvalue weighted by molar-refractivity contribution is 5.94. The van der Waals surface area contributed by atoms with Gasteiger partial charge in [-0.25, -0.2) is 0 Å². The highest BCUT2D eigenvalue weighted by Crippen LogP contribution is 2.23. The van der Waals surface area contributed by atoms with Gasteiger partial charge in [-0.3, -0.25) is 24.5 Å². The Balaban J connectivity index is 1.34. The van der Waals surface area contributed by atoms with E-state index in [-0.39, 0.29) is 11.6 Å². The van der Waals surface area contributed by atoms with Crippen molar-refractivity contribution in [2.24, 2.45) is 0 Å². The van der Waals surface area contributed by atoms with Gasteiger partial charge in [-0.15, -0.1) is 0 Å². The zero-order valence-corrected chi connectivity index (χ0v) is 19.3. The van der Waals surface area contributed by atoms with Crippen LogP contribution in [0.15, 0.2) is 48.5 Å². The van der Waals surface area contributed by atoms with Gasteiger partial charge in [-0.2, -0.15) is 5.10 Å². The van der Waals surface area contributed by atoms with E-state index in [9.17, 15) is 14.9 Å². The third-order valence-electron chi connectivity index (χ3n) is 6.21. The largest absolute Gasteiger partial charge is 0.336 e. The summed E-state index contributed by atoms with van der Waals surface area (Å²) in [7, 11) is 0. The van der Waals surface area contributed by atoms with Crippen molar-refractivity contribution in [3.8, 4) is 0 Å². The second-order valence-electron chi connectivity index (χ2n) is 8.69. The van der Waals surface area contributed by atoms with Gasteiger partial charge in [-0.1, -0.05) is 42.0 Å². The summed E-state index contributed by atoms with van der Waals surface area (Å²) in [6.07, 6.45) is 0. The molecule has 0 bridgehead atoms. The van der Waals surface area contributed by atoms with Crippen molar-refractivity contribution in [2.45, 2.75) is 33.9 Å². The third kappa shape index (κ3) is 5.12. The topological polar surface area (TPSA) is 84.5 Å². The van der Waals surface area contributed by atoms with Crippen molar-refractivity contribution >= 4 is 11.6 Å². The average molecular weight is 448 g/mol. The first-order valence-corrected chi connectivity index (χ1v) is 11.2. The van der Waals surface area contributed by atoms with Crippen molar-refractivity contribution in [2.75, 3.05) is 26.2 Å². The quantitative estimate of drug-likeness (QED) is 0.425. The van der Waals surface area contributed by atoms with Crippen LogP contribution >= 0.6 is 0 Å². The molecule has 0 aliphatic carbocycles. The molecule has 1 aromatic heterocycles. The van der Waals surface area contributed by atoms with Gasteiger partial charge in [0, 0.05) is 38.3 Å². The molecule has 1 fully saturated rings. The summed E-state index contributed by atoms with van der Waals surface area (Å²) >= 11 is 0. The predicted octanol–water partition coefficient (Wildman–Crippen LogP) is 3.72. The molecule has 1 saturated heterocycles. The van der Waals surface area contributed by atoms with E-state index in [4.69, 9.17) is 0 Å². The minimum atomic E-state index is -0.392. The van der Waals surface area contributed by atoms with Gasteiger partial charge >= 0.3 is 5.69 Å². The average Bonchev–Trinajstić information content (AvgIpc) is 3.07. The van der Waals surface area contributed by atoms with Crippen LogP contribution in [0.3, 0.4) is 0 Å². The summed E-state index contributed by atoms with van der Waals surface area (Å²) in [5, 5.41) is 15.5. The first-order chi connectivity index (χ1) is 15.8. The molecule has 0 radical (unpaired) electrons. The van der Waals surface area contributed by atoms with Crippen LogP contribution in [-0.4, -0.2) is 56.6 Å². The van der Waals surface area contributed by atoms with Crippen molar-refractivity contribution in [3.63, 3.8) is 0 Å². The highest BCUT2D eigenvalue weighted by atomic mass is 16.6. The molecule has 3 aromatic rings. The number of carbonyl (C=O) groups is 1. The number of hydrogen-bond donors (Lipinski definition) is 0. The molecule has 1 aliphatic heterocycles. The van der Waals surface area contributed by atoms with E-state index in [1.807, 2.05) is 29.2 Å². The molecule has 0 unspecified atom stereocenters. The second kappa shape index (κ2) is 9.54. The number of aryl methyl sites for hydroxylation is 2. The molecule has 1 aliphatic rings. The zero-order valence-electron chi connectivity index (χ0n) is 19.3. The number of amides is 1. The predicted molar refractivity (Wildman–Crippen MR) is 126 cm³/mol. The van der Waals surface area contributed by atoms with Crippen LogP contribution in [0.5, 0.6) is 0 Å². The Kier molecular flexibility index (Phi) is 6.55. The molecule has 8 nitrogen and oxygen atoms in total. The maximum atomic E-state index is 13.0. The summed E-state index contributed by atoms with van der Waals surface area (Å²) in [6, 6.07) is 16.0. The smallest absolute Gasteiger partial charge is 0.312 e. The van der Waals surface area contributed by atoms with E-state index < -0.39 is 4.92 Å². The fourth-order valence-electron chi connectivity index (χ4n) is 4.39. The van der Waals surface area contributed by atoms with E-state index in [0.717, 1.165) is 25.2 Å². The third-order valence-corrected chi connectivity index (χ3v) is 6.21. The van der Waals surface area contributed by atoms with Gasteiger partial charge < -0.3 is 4.90 Å². The normalized spacial score (nSPS) is 14.5. The summed E-state index contributed by atoms with van der Waals surface area (Å²) in [6.45, 7) is 9.91. The summed E-state index contributed by atoms with van der Waals surface area (Å²) in [5.41, 5.74) is 5.16. The number of nitro groups is 1. The Morgan fingerprint density at radius 2 is 1.67 bits per heavy atom. The van der Waals surface area contributed by atoms with Gasteiger partial charge in [0.2, 0.25) is 0 Å². The van der Waals surface area contributed by atoms with Crippen LogP contribution in [0.25, 0.3) is 0 Å². The van der Waals surface area contributed by atoms with E-state index >= 15 is 0 Å². The van der Waals surface area contributed by atoms with Gasteiger partial charge in [0.05, 0.1) is 11.5 Å². The van der Waals surface area contributed by atoms with Gasteiger partial charge in [0.25, 0.3) is 5.91 Å². The number of hydrogen-bond acceptors (Lipinski definition) is 5. The van der Waals surface area contributed by atoms with Gasteiger partial charge in [-0.05, 0) is 44.0 Å². The highest BCUT2D eigenvalue weighted by Gasteiger charge is 2.23. The van der Waals surface area contributed by atoms with E-state index in [1.54, 1.807) is 18.5 Å². The maximum Gasteiger partial charge on any atom is 0.312 e. The Labute approximate surface area is 193 Å². The van der Waals surface area contributed by atoms with Crippen molar-refractivity contribution in [1.29, 1.82) is 0 Å². The Morgan fingerprint density at radius 3 is 2.27 bits per heavy atom. The van der Waals surface area contributed by atoms with Crippen molar-refractivity contribution in [1.82, 2.24) is 19.6 Å². The van der Waals surface area contributed by atoms with Crippen molar-refractivity contribution in [3.05, 3.63) is 92.3 Å². The molecule has 0 saturated carbocycles. The fraction of sp³-hybridized carbons (Fsp3) is 0.360. The number of aromatic nitrogens is 2. The SMILES string of the molecule is Cc1cccc(CN2CCN(C(=O)c3ccc(Cn4nc(C)c([N+](=O)[O-])c4C)cc3)CC2)c1. The summed E-state index contributed by atoms with van der Waals surface area (Å²) in [5.74, 6) is 0.0403. The number of nitrogens with zero attached hydrogens (tertiary/aromatic N) is 5. The van der Waals surface area contributed by atoms with E-state index in [0.29, 0.717) is 36.6 Å². The van der Waals surface area contributed by atoms with Crippen molar-refractivity contribution < 1.29 is 9.72 Å². The van der Waals surface area contributed by atoms with Crippen LogP contribution in [0.1, 0.15) is 38.4 Å². The molecule has 0 spiro atoms. The molecule has 0 N–H and O–H groups in total. The zero-order chi connectivity index (χ0) is 23.5. The Morgan fingerprint density at radius 1 is 0.970 bits per heavy atom. The van der Waals surface area contributed by atoms with Crippen LogP contribution in [-0.2, 0) is 13.1 Å². The molecule has 172 valence electrons. The minimum Gasteiger partial charge on any atom is -0.336 e. The summed E-state index contributed by atoms with van der Waals surface area (Å²) in [4.78, 5) is 28.1. The molecular formula is C25H29N5O3. The number of benzene rings is 2. The summed E-state index contributed by atoms with van der Waals surface area (Å²) < 4.78 is 1.64. The molecule has 33 heavy (non-hydrogen) atoms. The molecular weight excluding hydrogens is 418 g/mol. The lowest BCUT2D eigenvalue weighted by Crippen LogP contribution is -2.48. The maximum absolute atomic E-state index is 13.0. The molecule has 1 amide bonds. The lowest BCUT2D eigenvalue weighted by molar-refractivity contribution is -0.386. The molecule has 2 aromatic carbocycles. The Hall–Kier alpha value is -3.52. The van der Waals surface area contributed by atoms with Crippen LogP contribution in [0, 0.1) is 30.9 Å².